The molecule has 1 atom stereocenters. The second kappa shape index (κ2) is 7.46. The Morgan fingerprint density at radius 3 is 2.56 bits per heavy atom. The third-order valence-corrected chi connectivity index (χ3v) is 1.86. The third-order valence-electron chi connectivity index (χ3n) is 1.86. The average molecular weight is 230 g/mol. The van der Waals surface area contributed by atoms with Gasteiger partial charge in [0.2, 0.25) is 0 Å². The zero-order valence-electron chi connectivity index (χ0n) is 11.1. The zero-order chi connectivity index (χ0) is 12.6. The molecular weight excluding hydrogens is 204 g/mol. The summed E-state index contributed by atoms with van der Waals surface area (Å²) in [7, 11) is 1.67. The number of methoxy groups -OCH3 is 1. The van der Waals surface area contributed by atoms with Crippen LogP contribution >= 0.6 is 0 Å². The maximum Gasteiger partial charge on any atom is 0.188 e. The Bertz CT molecular complexity index is 211. The lowest BCUT2D eigenvalue weighted by atomic mass is 10.1. The van der Waals surface area contributed by atoms with Crippen molar-refractivity contribution in [3.63, 3.8) is 0 Å². The van der Waals surface area contributed by atoms with Gasteiger partial charge in [0.15, 0.2) is 5.96 Å². The van der Waals surface area contributed by atoms with E-state index in [2.05, 4.69) is 36.4 Å². The molecule has 0 rings (SSSR count). The Morgan fingerprint density at radius 1 is 1.44 bits per heavy atom. The van der Waals surface area contributed by atoms with E-state index in [0.717, 1.165) is 6.54 Å². The highest BCUT2D eigenvalue weighted by atomic mass is 16.5. The van der Waals surface area contributed by atoms with Gasteiger partial charge in [0, 0.05) is 25.2 Å². The number of hydrogen-bond acceptors (Lipinski definition) is 3. The monoisotopic (exact) mass is 230 g/mol. The van der Waals surface area contributed by atoms with E-state index < -0.39 is 0 Å². The van der Waals surface area contributed by atoms with Crippen molar-refractivity contribution in [2.45, 2.75) is 39.3 Å². The van der Waals surface area contributed by atoms with Crippen molar-refractivity contribution in [1.29, 1.82) is 0 Å². The molecule has 0 saturated carbocycles. The van der Waals surface area contributed by atoms with E-state index in [1.807, 2.05) is 6.92 Å². The summed E-state index contributed by atoms with van der Waals surface area (Å²) >= 11 is 0. The van der Waals surface area contributed by atoms with Crippen LogP contribution in [0.15, 0.2) is 4.99 Å². The predicted molar refractivity (Wildman–Crippen MR) is 68.7 cm³/mol. The molecule has 5 nitrogen and oxygen atoms in total. The fraction of sp³-hybridized carbons (Fsp3) is 0.909. The lowest BCUT2D eigenvalue weighted by molar-refractivity contribution is 0.179. The van der Waals surface area contributed by atoms with Crippen molar-refractivity contribution in [3.05, 3.63) is 0 Å². The number of aliphatic imine (C=N–C) groups is 1. The largest absolute Gasteiger partial charge is 0.383 e. The Kier molecular flexibility index (Phi) is 7.08. The molecule has 0 aliphatic heterocycles. The molecule has 96 valence electrons. The standard InChI is InChI=1S/C11H26N4O/c1-9(8-16-5)15-10(12)13-6-7-14-11(2,3)4/h9,14H,6-8H2,1-5H3,(H3,12,13,15). The fourth-order valence-electron chi connectivity index (χ4n) is 1.20. The summed E-state index contributed by atoms with van der Waals surface area (Å²) in [6.45, 7) is 10.5. The van der Waals surface area contributed by atoms with Crippen LogP contribution in [0.1, 0.15) is 27.7 Å². The van der Waals surface area contributed by atoms with Crippen LogP contribution in [0, 0.1) is 0 Å². The molecule has 0 heterocycles. The van der Waals surface area contributed by atoms with E-state index in [0.29, 0.717) is 19.1 Å². The molecule has 0 amide bonds. The molecule has 1 unspecified atom stereocenters. The van der Waals surface area contributed by atoms with Gasteiger partial charge in [0.05, 0.1) is 13.2 Å². The maximum absolute atomic E-state index is 5.71. The van der Waals surface area contributed by atoms with E-state index in [-0.39, 0.29) is 11.6 Å². The number of nitrogens with one attached hydrogen (secondary N) is 2. The van der Waals surface area contributed by atoms with Gasteiger partial charge in [0.1, 0.15) is 0 Å². The minimum atomic E-state index is 0.126. The van der Waals surface area contributed by atoms with Crippen molar-refractivity contribution >= 4 is 5.96 Å². The second-order valence-corrected chi connectivity index (χ2v) is 4.94. The smallest absolute Gasteiger partial charge is 0.188 e. The predicted octanol–water partition coefficient (Wildman–Crippen LogP) is 0.314. The SMILES string of the molecule is COCC(C)NC(N)=NCCNC(C)(C)C. The van der Waals surface area contributed by atoms with E-state index in [1.165, 1.54) is 0 Å². The number of nitrogens with zero attached hydrogens (tertiary/aromatic N) is 1. The summed E-state index contributed by atoms with van der Waals surface area (Å²) in [5.74, 6) is 0.472. The quantitative estimate of drug-likeness (QED) is 0.349. The first-order valence-electron chi connectivity index (χ1n) is 5.65. The van der Waals surface area contributed by atoms with Gasteiger partial charge in [-0.2, -0.15) is 0 Å². The summed E-state index contributed by atoms with van der Waals surface area (Å²) in [5, 5.41) is 6.39. The van der Waals surface area contributed by atoms with Crippen LogP contribution in [-0.4, -0.2) is 44.3 Å². The van der Waals surface area contributed by atoms with Crippen LogP contribution < -0.4 is 16.4 Å². The molecular formula is C11H26N4O. The summed E-state index contributed by atoms with van der Waals surface area (Å²) < 4.78 is 4.99. The molecule has 16 heavy (non-hydrogen) atoms. The van der Waals surface area contributed by atoms with Gasteiger partial charge in [-0.05, 0) is 27.7 Å². The van der Waals surface area contributed by atoms with E-state index in [1.54, 1.807) is 7.11 Å². The molecule has 0 aromatic carbocycles. The third kappa shape index (κ3) is 9.73. The molecule has 0 aromatic rings. The number of ether oxygens (including phenoxy) is 1. The maximum atomic E-state index is 5.71. The molecule has 0 aromatic heterocycles. The van der Waals surface area contributed by atoms with Crippen LogP contribution in [-0.2, 0) is 4.74 Å². The normalized spacial score (nSPS) is 14.9. The highest BCUT2D eigenvalue weighted by Crippen LogP contribution is 1.96. The van der Waals surface area contributed by atoms with Gasteiger partial charge >= 0.3 is 0 Å². The number of hydrogen-bond donors (Lipinski definition) is 3. The summed E-state index contributed by atoms with van der Waals surface area (Å²) in [6, 6.07) is 0.185. The number of guanidine groups is 1. The van der Waals surface area contributed by atoms with Crippen LogP contribution in [0.2, 0.25) is 0 Å². The molecule has 0 aliphatic rings. The molecule has 0 aliphatic carbocycles. The van der Waals surface area contributed by atoms with Crippen molar-refractivity contribution < 1.29 is 4.74 Å². The van der Waals surface area contributed by atoms with E-state index in [4.69, 9.17) is 10.5 Å². The Labute approximate surface area is 98.8 Å². The molecule has 0 bridgehead atoms. The highest BCUT2D eigenvalue weighted by molar-refractivity contribution is 5.78. The molecule has 0 radical (unpaired) electrons. The van der Waals surface area contributed by atoms with E-state index >= 15 is 0 Å². The highest BCUT2D eigenvalue weighted by Gasteiger charge is 2.07. The lowest BCUT2D eigenvalue weighted by Gasteiger charge is -2.19. The minimum absolute atomic E-state index is 0.126. The first-order valence-corrected chi connectivity index (χ1v) is 5.65. The molecule has 5 heteroatoms. The second-order valence-electron chi connectivity index (χ2n) is 4.94. The fourth-order valence-corrected chi connectivity index (χ4v) is 1.20. The first kappa shape index (κ1) is 15.2. The van der Waals surface area contributed by atoms with Gasteiger partial charge in [-0.25, -0.2) is 0 Å². The molecule has 4 N–H and O–H groups in total. The Balaban J connectivity index is 3.70. The van der Waals surface area contributed by atoms with Crippen molar-refractivity contribution in [3.8, 4) is 0 Å². The minimum Gasteiger partial charge on any atom is -0.383 e. The Hall–Kier alpha value is -0.810. The van der Waals surface area contributed by atoms with Crippen LogP contribution in [0.5, 0.6) is 0 Å². The van der Waals surface area contributed by atoms with Gasteiger partial charge in [-0.15, -0.1) is 0 Å². The average Bonchev–Trinajstić information content (AvgIpc) is 2.11. The summed E-state index contributed by atoms with van der Waals surface area (Å²) in [6.07, 6.45) is 0. The van der Waals surface area contributed by atoms with Gasteiger partial charge in [-0.1, -0.05) is 0 Å². The first-order chi connectivity index (χ1) is 7.35. The molecule has 0 saturated heterocycles. The van der Waals surface area contributed by atoms with Crippen molar-refractivity contribution in [1.82, 2.24) is 10.6 Å². The number of nitrogens with two attached hydrogens (primary N) is 1. The Morgan fingerprint density at radius 2 is 2.06 bits per heavy atom. The van der Waals surface area contributed by atoms with Gasteiger partial charge in [-0.3, -0.25) is 4.99 Å². The zero-order valence-corrected chi connectivity index (χ0v) is 11.1. The van der Waals surface area contributed by atoms with Crippen LogP contribution in [0.3, 0.4) is 0 Å². The van der Waals surface area contributed by atoms with Crippen LogP contribution in [0.25, 0.3) is 0 Å². The van der Waals surface area contributed by atoms with Crippen molar-refractivity contribution in [2.24, 2.45) is 10.7 Å². The van der Waals surface area contributed by atoms with Crippen molar-refractivity contribution in [2.75, 3.05) is 26.8 Å². The van der Waals surface area contributed by atoms with Gasteiger partial charge < -0.3 is 21.1 Å². The van der Waals surface area contributed by atoms with E-state index in [9.17, 15) is 0 Å². The summed E-state index contributed by atoms with van der Waals surface area (Å²) in [4.78, 5) is 4.21. The van der Waals surface area contributed by atoms with Crippen LogP contribution in [0.4, 0.5) is 0 Å². The number of rotatable bonds is 6. The topological polar surface area (TPSA) is 71.7 Å². The molecule has 0 spiro atoms. The molecule has 0 fully saturated rings. The summed E-state index contributed by atoms with van der Waals surface area (Å²) in [5.41, 5.74) is 5.84. The lowest BCUT2D eigenvalue weighted by Crippen LogP contribution is -2.42. The van der Waals surface area contributed by atoms with Gasteiger partial charge in [0.25, 0.3) is 0 Å².